The van der Waals surface area contributed by atoms with E-state index >= 15 is 0 Å². The molecule has 4 rings (SSSR count). The molecule has 0 aliphatic rings. The minimum atomic E-state index is -0.205. The monoisotopic (exact) mass is 415 g/mol. The highest BCUT2D eigenvalue weighted by atomic mass is 16.5. The quantitative estimate of drug-likeness (QED) is 0.504. The summed E-state index contributed by atoms with van der Waals surface area (Å²) in [6.45, 7) is 3.71. The summed E-state index contributed by atoms with van der Waals surface area (Å²) in [5, 5.41) is 2.86. The summed E-state index contributed by atoms with van der Waals surface area (Å²) in [4.78, 5) is 25.4. The summed E-state index contributed by atoms with van der Waals surface area (Å²) in [6.07, 6.45) is 3.55. The van der Waals surface area contributed by atoms with Gasteiger partial charge in [0.25, 0.3) is 5.91 Å². The van der Waals surface area contributed by atoms with Gasteiger partial charge in [0.1, 0.15) is 29.0 Å². The third-order valence-electron chi connectivity index (χ3n) is 4.56. The van der Waals surface area contributed by atoms with Gasteiger partial charge in [-0.25, -0.2) is 9.97 Å². The van der Waals surface area contributed by atoms with Crippen molar-refractivity contribution >= 4 is 11.6 Å². The average Bonchev–Trinajstić information content (AvgIpc) is 3.20. The van der Waals surface area contributed by atoms with Crippen LogP contribution in [0.5, 0.6) is 17.4 Å². The number of nitrogens with zero attached hydrogens (tertiary/aromatic N) is 4. The molecule has 0 spiro atoms. The first-order valence-corrected chi connectivity index (χ1v) is 9.61. The molecule has 1 amide bonds. The van der Waals surface area contributed by atoms with E-state index < -0.39 is 0 Å². The standard InChI is InChI=1S/C23H21N5O3/c1-15-25-21(28-13-12-24-16(28)2)14-22(26-15)31-20-10-6-18(7-11-20)27-23(29)17-4-8-19(30-3)9-5-17/h4-14H,1-3H3,(H,27,29). The number of anilines is 1. The van der Waals surface area contributed by atoms with Crippen LogP contribution < -0.4 is 14.8 Å². The summed E-state index contributed by atoms with van der Waals surface area (Å²) in [6, 6.07) is 15.7. The Bertz CT molecular complexity index is 1200. The summed E-state index contributed by atoms with van der Waals surface area (Å²) in [5.41, 5.74) is 1.20. The van der Waals surface area contributed by atoms with Crippen LogP contribution in [-0.4, -0.2) is 32.5 Å². The molecule has 1 N–H and O–H groups in total. The highest BCUT2D eigenvalue weighted by Crippen LogP contribution is 2.24. The maximum Gasteiger partial charge on any atom is 0.255 e. The van der Waals surface area contributed by atoms with Crippen molar-refractivity contribution < 1.29 is 14.3 Å². The van der Waals surface area contributed by atoms with Gasteiger partial charge < -0.3 is 14.8 Å². The number of imidazole rings is 1. The Labute approximate surface area is 179 Å². The summed E-state index contributed by atoms with van der Waals surface area (Å²) < 4.78 is 12.9. The van der Waals surface area contributed by atoms with Crippen LogP contribution in [-0.2, 0) is 0 Å². The first-order valence-electron chi connectivity index (χ1n) is 9.61. The molecule has 4 aromatic rings. The maximum absolute atomic E-state index is 12.4. The molecule has 0 aliphatic carbocycles. The van der Waals surface area contributed by atoms with Gasteiger partial charge in [0, 0.05) is 29.7 Å². The molecule has 0 fully saturated rings. The normalized spacial score (nSPS) is 10.5. The Morgan fingerprint density at radius 2 is 1.68 bits per heavy atom. The van der Waals surface area contributed by atoms with Crippen molar-refractivity contribution in [3.05, 3.63) is 84.2 Å². The molecule has 0 atom stereocenters. The molecular formula is C23H21N5O3. The van der Waals surface area contributed by atoms with Gasteiger partial charge in [0.15, 0.2) is 0 Å². The van der Waals surface area contributed by atoms with Crippen LogP contribution >= 0.6 is 0 Å². The molecule has 2 heterocycles. The molecule has 2 aromatic heterocycles. The van der Waals surface area contributed by atoms with Gasteiger partial charge in [0.2, 0.25) is 5.88 Å². The fourth-order valence-electron chi connectivity index (χ4n) is 2.99. The molecule has 2 aromatic carbocycles. The predicted octanol–water partition coefficient (Wildman–Crippen LogP) is 4.33. The number of amides is 1. The van der Waals surface area contributed by atoms with E-state index in [0.717, 1.165) is 5.82 Å². The molecule has 0 radical (unpaired) electrons. The third kappa shape index (κ3) is 4.69. The molecular weight excluding hydrogens is 394 g/mol. The maximum atomic E-state index is 12.4. The summed E-state index contributed by atoms with van der Waals surface area (Å²) >= 11 is 0. The van der Waals surface area contributed by atoms with E-state index in [1.54, 1.807) is 74.8 Å². The number of hydrogen-bond donors (Lipinski definition) is 1. The zero-order chi connectivity index (χ0) is 21.8. The SMILES string of the molecule is COc1ccc(C(=O)Nc2ccc(Oc3cc(-n4ccnc4C)nc(C)n3)cc2)cc1. The third-order valence-corrected chi connectivity index (χ3v) is 4.56. The molecule has 0 unspecified atom stereocenters. The number of aryl methyl sites for hydroxylation is 2. The van der Waals surface area contributed by atoms with Crippen molar-refractivity contribution in [3.63, 3.8) is 0 Å². The van der Waals surface area contributed by atoms with E-state index in [1.807, 2.05) is 17.7 Å². The van der Waals surface area contributed by atoms with Crippen molar-refractivity contribution in [3.8, 4) is 23.2 Å². The predicted molar refractivity (Wildman–Crippen MR) is 116 cm³/mol. The van der Waals surface area contributed by atoms with Gasteiger partial charge in [-0.1, -0.05) is 0 Å². The fourth-order valence-corrected chi connectivity index (χ4v) is 2.99. The number of methoxy groups -OCH3 is 1. The van der Waals surface area contributed by atoms with Gasteiger partial charge in [0.05, 0.1) is 7.11 Å². The van der Waals surface area contributed by atoms with Crippen LogP contribution in [0.2, 0.25) is 0 Å². The lowest BCUT2D eigenvalue weighted by atomic mass is 10.2. The zero-order valence-corrected chi connectivity index (χ0v) is 17.4. The number of benzene rings is 2. The largest absolute Gasteiger partial charge is 0.497 e. The molecule has 0 saturated heterocycles. The smallest absolute Gasteiger partial charge is 0.255 e. The fraction of sp³-hybridized carbons (Fsp3) is 0.130. The van der Waals surface area contributed by atoms with E-state index in [4.69, 9.17) is 9.47 Å². The number of hydrogen-bond acceptors (Lipinski definition) is 6. The zero-order valence-electron chi connectivity index (χ0n) is 17.4. The number of aromatic nitrogens is 4. The molecule has 0 bridgehead atoms. The molecule has 0 saturated carbocycles. The lowest BCUT2D eigenvalue weighted by Gasteiger charge is -2.10. The Balaban J connectivity index is 1.45. The Kier molecular flexibility index (Phi) is 5.61. The average molecular weight is 415 g/mol. The van der Waals surface area contributed by atoms with Gasteiger partial charge in [-0.3, -0.25) is 9.36 Å². The highest BCUT2D eigenvalue weighted by molar-refractivity contribution is 6.04. The van der Waals surface area contributed by atoms with E-state index in [1.165, 1.54) is 0 Å². The Morgan fingerprint density at radius 1 is 0.968 bits per heavy atom. The van der Waals surface area contributed by atoms with Crippen molar-refractivity contribution in [2.75, 3.05) is 12.4 Å². The van der Waals surface area contributed by atoms with Crippen molar-refractivity contribution in [1.29, 1.82) is 0 Å². The van der Waals surface area contributed by atoms with Gasteiger partial charge in [-0.15, -0.1) is 0 Å². The second-order valence-electron chi connectivity index (χ2n) is 6.77. The van der Waals surface area contributed by atoms with Crippen LogP contribution in [0.25, 0.3) is 5.82 Å². The summed E-state index contributed by atoms with van der Waals surface area (Å²) in [5.74, 6) is 3.60. The van der Waals surface area contributed by atoms with Gasteiger partial charge in [-0.05, 0) is 62.4 Å². The van der Waals surface area contributed by atoms with E-state index in [0.29, 0.717) is 40.3 Å². The van der Waals surface area contributed by atoms with E-state index in [-0.39, 0.29) is 5.91 Å². The van der Waals surface area contributed by atoms with Crippen molar-refractivity contribution in [2.24, 2.45) is 0 Å². The van der Waals surface area contributed by atoms with Gasteiger partial charge >= 0.3 is 0 Å². The number of carbonyl (C=O) groups is 1. The van der Waals surface area contributed by atoms with Crippen LogP contribution in [0.15, 0.2) is 67.0 Å². The van der Waals surface area contributed by atoms with Crippen LogP contribution in [0, 0.1) is 13.8 Å². The minimum Gasteiger partial charge on any atom is -0.497 e. The van der Waals surface area contributed by atoms with Crippen LogP contribution in [0.3, 0.4) is 0 Å². The topological polar surface area (TPSA) is 91.2 Å². The molecule has 8 heteroatoms. The van der Waals surface area contributed by atoms with Crippen molar-refractivity contribution in [1.82, 2.24) is 19.5 Å². The number of nitrogens with one attached hydrogen (secondary N) is 1. The molecule has 8 nitrogen and oxygen atoms in total. The van der Waals surface area contributed by atoms with E-state index in [9.17, 15) is 4.79 Å². The number of rotatable bonds is 6. The highest BCUT2D eigenvalue weighted by Gasteiger charge is 2.09. The lowest BCUT2D eigenvalue weighted by Crippen LogP contribution is -2.11. The lowest BCUT2D eigenvalue weighted by molar-refractivity contribution is 0.102. The first-order chi connectivity index (χ1) is 15.0. The molecule has 156 valence electrons. The second-order valence-corrected chi connectivity index (χ2v) is 6.77. The molecule has 31 heavy (non-hydrogen) atoms. The van der Waals surface area contributed by atoms with Gasteiger partial charge in [-0.2, -0.15) is 4.98 Å². The Morgan fingerprint density at radius 3 is 2.32 bits per heavy atom. The second kappa shape index (κ2) is 8.66. The van der Waals surface area contributed by atoms with E-state index in [2.05, 4.69) is 20.3 Å². The minimum absolute atomic E-state index is 0.205. The summed E-state index contributed by atoms with van der Waals surface area (Å²) in [7, 11) is 1.58. The van der Waals surface area contributed by atoms with Crippen molar-refractivity contribution in [2.45, 2.75) is 13.8 Å². The Hall–Kier alpha value is -4.20. The van der Waals surface area contributed by atoms with Crippen LogP contribution in [0.4, 0.5) is 5.69 Å². The number of ether oxygens (including phenoxy) is 2. The van der Waals surface area contributed by atoms with Crippen LogP contribution in [0.1, 0.15) is 22.0 Å². The first kappa shape index (κ1) is 20.1. The molecule has 0 aliphatic heterocycles. The number of carbonyl (C=O) groups excluding carboxylic acids is 1.